The van der Waals surface area contributed by atoms with Crippen molar-refractivity contribution >= 4 is 39.5 Å². The van der Waals surface area contributed by atoms with Gasteiger partial charge in [-0.1, -0.05) is 54.0 Å². The average molecular weight is 488 g/mol. The van der Waals surface area contributed by atoms with Crippen molar-refractivity contribution < 1.29 is 9.32 Å². The highest BCUT2D eigenvalue weighted by atomic mass is 35.5. The van der Waals surface area contributed by atoms with Gasteiger partial charge in [0.05, 0.1) is 39.8 Å². The molecule has 0 bridgehead atoms. The molecule has 3 aromatic heterocycles. The molecule has 0 saturated heterocycles. The van der Waals surface area contributed by atoms with Crippen LogP contribution in [0.5, 0.6) is 0 Å². The first kappa shape index (κ1) is 22.7. The van der Waals surface area contributed by atoms with E-state index in [1.165, 1.54) is 0 Å². The van der Waals surface area contributed by atoms with Crippen LogP contribution in [-0.2, 0) is 6.54 Å². The Kier molecular flexibility index (Phi) is 6.05. The number of benzene rings is 2. The first-order valence-corrected chi connectivity index (χ1v) is 11.6. The smallest absolute Gasteiger partial charge is 0.259 e. The summed E-state index contributed by atoms with van der Waals surface area (Å²) in [7, 11) is 0. The Labute approximate surface area is 205 Å². The highest BCUT2D eigenvalue weighted by Gasteiger charge is 2.24. The number of carbonyl (C=O) groups is 1. The summed E-state index contributed by atoms with van der Waals surface area (Å²) < 4.78 is 5.43. The van der Waals surface area contributed by atoms with E-state index in [9.17, 15) is 9.59 Å². The Bertz CT molecular complexity index is 1610. The quantitative estimate of drug-likeness (QED) is 0.355. The van der Waals surface area contributed by atoms with Gasteiger partial charge in [-0.25, -0.2) is 9.97 Å². The van der Waals surface area contributed by atoms with E-state index in [-0.39, 0.29) is 18.0 Å². The zero-order valence-corrected chi connectivity index (χ0v) is 20.0. The molecule has 0 spiro atoms. The number of H-pyrrole nitrogens is 1. The summed E-state index contributed by atoms with van der Waals surface area (Å²) in [6, 6.07) is 16.3. The number of hydrogen-bond acceptors (Lipinski definition) is 6. The number of halogens is 1. The molecule has 0 unspecified atom stereocenters. The number of nitrogens with zero attached hydrogens (tertiary/aromatic N) is 4. The molecule has 0 aliphatic carbocycles. The van der Waals surface area contributed by atoms with Crippen LogP contribution in [0.1, 0.15) is 35.2 Å². The number of nitrogens with one attached hydrogen (secondary N) is 1. The van der Waals surface area contributed by atoms with Crippen LogP contribution in [0.15, 0.2) is 63.9 Å². The van der Waals surface area contributed by atoms with Gasteiger partial charge >= 0.3 is 0 Å². The molecule has 0 radical (unpaired) electrons. The predicted octanol–water partition coefficient (Wildman–Crippen LogP) is 5.14. The molecule has 0 fully saturated rings. The summed E-state index contributed by atoms with van der Waals surface area (Å²) in [5.74, 6) is 0.152. The van der Waals surface area contributed by atoms with E-state index in [0.29, 0.717) is 56.3 Å². The van der Waals surface area contributed by atoms with Gasteiger partial charge in [-0.05, 0) is 37.6 Å². The Hall–Kier alpha value is -4.04. The number of aryl methyl sites for hydroxylation is 1. The summed E-state index contributed by atoms with van der Waals surface area (Å²) in [5, 5.41) is 5.53. The fourth-order valence-corrected chi connectivity index (χ4v) is 4.30. The molecule has 0 aliphatic heterocycles. The largest absolute Gasteiger partial charge is 0.335 e. The van der Waals surface area contributed by atoms with Crippen LogP contribution < -0.4 is 5.56 Å². The third-order valence-corrected chi connectivity index (χ3v) is 5.99. The number of carbonyl (C=O) groups excluding carboxylic acids is 1. The fourth-order valence-electron chi connectivity index (χ4n) is 4.13. The molecule has 2 aromatic carbocycles. The Morgan fingerprint density at radius 3 is 2.69 bits per heavy atom. The number of aromatic nitrogens is 4. The third kappa shape index (κ3) is 4.40. The molecule has 0 atom stereocenters. The van der Waals surface area contributed by atoms with E-state index in [2.05, 4.69) is 20.1 Å². The molecule has 5 rings (SSSR count). The Morgan fingerprint density at radius 2 is 1.91 bits per heavy atom. The van der Waals surface area contributed by atoms with Crippen molar-refractivity contribution in [3.8, 4) is 11.3 Å². The molecule has 35 heavy (non-hydrogen) atoms. The summed E-state index contributed by atoms with van der Waals surface area (Å²) >= 11 is 6.10. The van der Waals surface area contributed by atoms with E-state index < -0.39 is 0 Å². The predicted molar refractivity (Wildman–Crippen MR) is 134 cm³/mol. The van der Waals surface area contributed by atoms with E-state index in [4.69, 9.17) is 16.1 Å². The zero-order chi connectivity index (χ0) is 24.5. The van der Waals surface area contributed by atoms with Crippen LogP contribution in [-0.4, -0.2) is 37.5 Å². The monoisotopic (exact) mass is 487 g/mol. The summed E-state index contributed by atoms with van der Waals surface area (Å²) in [5.41, 5.74) is 2.99. The van der Waals surface area contributed by atoms with Crippen LogP contribution in [0, 0.1) is 6.92 Å². The third-order valence-electron chi connectivity index (χ3n) is 5.76. The van der Waals surface area contributed by atoms with Crippen molar-refractivity contribution in [2.45, 2.75) is 26.8 Å². The van der Waals surface area contributed by atoms with E-state index in [1.807, 2.05) is 37.3 Å². The number of amides is 1. The summed E-state index contributed by atoms with van der Waals surface area (Å²) in [4.78, 5) is 40.1. The number of fused-ring (bicyclic) bond motifs is 2. The standard InChI is InChI=1S/C26H22ClN5O3/c1-3-11-32(14-22-28-21-12-17(27)9-10-18(21)24(33)30-22)26(34)19-13-20(16-7-5-4-6-8-16)29-25-23(19)15(2)31-35-25/h4-10,12-13H,3,11,14H2,1-2H3,(H,28,30,33). The highest BCUT2D eigenvalue weighted by Crippen LogP contribution is 2.28. The lowest BCUT2D eigenvalue weighted by Gasteiger charge is -2.22. The van der Waals surface area contributed by atoms with Gasteiger partial charge in [-0.3, -0.25) is 9.59 Å². The van der Waals surface area contributed by atoms with Crippen LogP contribution in [0.4, 0.5) is 0 Å². The first-order chi connectivity index (χ1) is 16.9. The number of hydrogen-bond donors (Lipinski definition) is 1. The molecule has 176 valence electrons. The minimum absolute atomic E-state index is 0.124. The Balaban J connectivity index is 1.58. The first-order valence-electron chi connectivity index (χ1n) is 11.2. The van der Waals surface area contributed by atoms with Crippen molar-refractivity contribution in [2.75, 3.05) is 6.54 Å². The van der Waals surface area contributed by atoms with Gasteiger partial charge < -0.3 is 14.4 Å². The molecule has 0 aliphatic rings. The maximum Gasteiger partial charge on any atom is 0.259 e. The van der Waals surface area contributed by atoms with Crippen LogP contribution in [0.25, 0.3) is 33.3 Å². The highest BCUT2D eigenvalue weighted by molar-refractivity contribution is 6.31. The number of rotatable bonds is 6. The average Bonchev–Trinajstić information content (AvgIpc) is 3.23. The van der Waals surface area contributed by atoms with Gasteiger partial charge in [0.2, 0.25) is 0 Å². The molecule has 1 N–H and O–H groups in total. The molecule has 1 amide bonds. The minimum Gasteiger partial charge on any atom is -0.335 e. The van der Waals surface area contributed by atoms with Crippen LogP contribution in [0.3, 0.4) is 0 Å². The van der Waals surface area contributed by atoms with Crippen molar-refractivity contribution in [3.05, 3.63) is 87.1 Å². The molecule has 9 heteroatoms. The lowest BCUT2D eigenvalue weighted by atomic mass is 10.0. The van der Waals surface area contributed by atoms with Gasteiger partial charge in [0.15, 0.2) is 0 Å². The molecular formula is C26H22ClN5O3. The van der Waals surface area contributed by atoms with Gasteiger partial charge in [0, 0.05) is 17.1 Å². The second-order valence-corrected chi connectivity index (χ2v) is 8.71. The topological polar surface area (TPSA) is 105 Å². The molecule has 8 nitrogen and oxygen atoms in total. The van der Waals surface area contributed by atoms with Crippen molar-refractivity contribution in [2.24, 2.45) is 0 Å². The maximum absolute atomic E-state index is 13.9. The van der Waals surface area contributed by atoms with Crippen LogP contribution >= 0.6 is 11.6 Å². The molecule has 0 saturated carbocycles. The molecule has 3 heterocycles. The van der Waals surface area contributed by atoms with E-state index in [1.54, 1.807) is 36.1 Å². The fraction of sp³-hybridized carbons (Fsp3) is 0.192. The maximum atomic E-state index is 13.9. The minimum atomic E-state index is -0.280. The Morgan fingerprint density at radius 1 is 1.11 bits per heavy atom. The second kappa shape index (κ2) is 9.31. The van der Waals surface area contributed by atoms with Crippen LogP contribution in [0.2, 0.25) is 5.02 Å². The zero-order valence-electron chi connectivity index (χ0n) is 19.2. The van der Waals surface area contributed by atoms with Crippen molar-refractivity contribution in [1.82, 2.24) is 25.0 Å². The van der Waals surface area contributed by atoms with Gasteiger partial charge in [0.1, 0.15) is 5.82 Å². The van der Waals surface area contributed by atoms with E-state index >= 15 is 0 Å². The summed E-state index contributed by atoms with van der Waals surface area (Å²) in [6.07, 6.45) is 0.720. The van der Waals surface area contributed by atoms with Gasteiger partial charge in [0.25, 0.3) is 17.2 Å². The van der Waals surface area contributed by atoms with E-state index in [0.717, 1.165) is 12.0 Å². The van der Waals surface area contributed by atoms with Gasteiger partial charge in [-0.15, -0.1) is 0 Å². The molecular weight excluding hydrogens is 466 g/mol. The van der Waals surface area contributed by atoms with Gasteiger partial charge in [-0.2, -0.15) is 0 Å². The number of aromatic amines is 1. The lowest BCUT2D eigenvalue weighted by molar-refractivity contribution is 0.0740. The second-order valence-electron chi connectivity index (χ2n) is 8.27. The normalized spacial score (nSPS) is 11.3. The SMILES string of the molecule is CCCN(Cc1nc2cc(Cl)ccc2c(=O)[nH]1)C(=O)c1cc(-c2ccccc2)nc2onc(C)c12. The van der Waals surface area contributed by atoms with Crippen molar-refractivity contribution in [3.63, 3.8) is 0 Å². The summed E-state index contributed by atoms with van der Waals surface area (Å²) in [6.45, 7) is 4.35. The number of pyridine rings is 1. The lowest BCUT2D eigenvalue weighted by Crippen LogP contribution is -2.33. The van der Waals surface area contributed by atoms with Crippen molar-refractivity contribution in [1.29, 1.82) is 0 Å². The molecule has 5 aromatic rings.